The summed E-state index contributed by atoms with van der Waals surface area (Å²) >= 11 is 6.09. The summed E-state index contributed by atoms with van der Waals surface area (Å²) in [7, 11) is 0. The summed E-state index contributed by atoms with van der Waals surface area (Å²) in [6, 6.07) is 9.27. The molecule has 1 aromatic heterocycles. The van der Waals surface area contributed by atoms with Crippen LogP contribution in [0.5, 0.6) is 0 Å². The highest BCUT2D eigenvalue weighted by Crippen LogP contribution is 2.25. The molecule has 1 aliphatic heterocycles. The number of hydrogen-bond acceptors (Lipinski definition) is 3. The van der Waals surface area contributed by atoms with Crippen LogP contribution in [0.25, 0.3) is 0 Å². The number of amides is 1. The van der Waals surface area contributed by atoms with Crippen LogP contribution in [0.3, 0.4) is 0 Å². The van der Waals surface area contributed by atoms with Gasteiger partial charge in [-0.15, -0.1) is 0 Å². The molecule has 110 valence electrons. The van der Waals surface area contributed by atoms with E-state index in [2.05, 4.69) is 5.10 Å². The van der Waals surface area contributed by atoms with Crippen molar-refractivity contribution in [2.75, 3.05) is 18.8 Å². The zero-order valence-corrected chi connectivity index (χ0v) is 12.3. The van der Waals surface area contributed by atoms with Gasteiger partial charge in [0.25, 0.3) is 5.91 Å². The monoisotopic (exact) mass is 304 g/mol. The fourth-order valence-corrected chi connectivity index (χ4v) is 2.91. The van der Waals surface area contributed by atoms with Crippen molar-refractivity contribution in [2.24, 2.45) is 0 Å². The molecule has 1 fully saturated rings. The van der Waals surface area contributed by atoms with Crippen molar-refractivity contribution in [2.45, 2.75) is 18.9 Å². The largest absolute Gasteiger partial charge is 0.382 e. The van der Waals surface area contributed by atoms with Gasteiger partial charge in [0, 0.05) is 19.3 Å². The molecule has 0 radical (unpaired) electrons. The molecule has 3 rings (SSSR count). The lowest BCUT2D eigenvalue weighted by Gasteiger charge is -2.32. The topological polar surface area (TPSA) is 64.2 Å². The molecule has 1 aromatic carbocycles. The number of piperidine rings is 1. The first-order valence-corrected chi connectivity index (χ1v) is 7.37. The van der Waals surface area contributed by atoms with Crippen molar-refractivity contribution in [1.82, 2.24) is 14.7 Å². The second-order valence-corrected chi connectivity index (χ2v) is 5.63. The van der Waals surface area contributed by atoms with E-state index in [9.17, 15) is 4.79 Å². The molecular formula is C15H17ClN4O. The Bertz CT molecular complexity index is 647. The predicted octanol–water partition coefficient (Wildman–Crippen LogP) is 2.60. The average Bonchev–Trinajstić information content (AvgIpc) is 2.94. The van der Waals surface area contributed by atoms with Crippen LogP contribution in [0.15, 0.2) is 36.5 Å². The second-order valence-electron chi connectivity index (χ2n) is 5.22. The highest BCUT2D eigenvalue weighted by Gasteiger charge is 2.25. The van der Waals surface area contributed by atoms with E-state index in [4.69, 9.17) is 17.3 Å². The van der Waals surface area contributed by atoms with Gasteiger partial charge in [0.2, 0.25) is 0 Å². The number of carbonyl (C=O) groups excluding carboxylic acids is 1. The maximum absolute atomic E-state index is 12.5. The number of benzene rings is 1. The van der Waals surface area contributed by atoms with Crippen LogP contribution in [0.1, 0.15) is 29.2 Å². The molecule has 0 aliphatic carbocycles. The summed E-state index contributed by atoms with van der Waals surface area (Å²) < 4.78 is 1.90. The molecule has 2 heterocycles. The molecule has 2 N–H and O–H groups in total. The Kier molecular flexibility index (Phi) is 3.84. The normalized spacial score (nSPS) is 16.1. The third-order valence-electron chi connectivity index (χ3n) is 3.86. The van der Waals surface area contributed by atoms with Crippen LogP contribution in [-0.2, 0) is 0 Å². The number of nitrogens with zero attached hydrogens (tertiary/aromatic N) is 3. The Morgan fingerprint density at radius 1 is 1.24 bits per heavy atom. The van der Waals surface area contributed by atoms with E-state index in [1.165, 1.54) is 0 Å². The summed E-state index contributed by atoms with van der Waals surface area (Å²) in [6.45, 7) is 1.41. The van der Waals surface area contributed by atoms with Gasteiger partial charge in [-0.3, -0.25) is 9.48 Å². The molecule has 0 spiro atoms. The van der Waals surface area contributed by atoms with Crippen LogP contribution in [0, 0.1) is 0 Å². The van der Waals surface area contributed by atoms with Crippen molar-refractivity contribution in [3.8, 4) is 0 Å². The lowest BCUT2D eigenvalue weighted by molar-refractivity contribution is 0.0690. The van der Waals surface area contributed by atoms with Crippen molar-refractivity contribution >= 4 is 23.3 Å². The van der Waals surface area contributed by atoms with Gasteiger partial charge in [0.15, 0.2) is 0 Å². The molecule has 0 unspecified atom stereocenters. The third kappa shape index (κ3) is 2.88. The van der Waals surface area contributed by atoms with E-state index in [1.807, 2.05) is 27.9 Å². The Labute approximate surface area is 128 Å². The molecule has 0 atom stereocenters. The number of nitrogens with two attached hydrogens (primary N) is 1. The van der Waals surface area contributed by atoms with Gasteiger partial charge in [-0.05, 0) is 31.0 Å². The standard InChI is InChI=1S/C15H17ClN4O/c16-13-4-2-1-3-12(13)15(21)19-8-5-11(6-9-19)20-10-7-14(17)18-20/h1-4,7,10-11H,5-6,8-9H2,(H2,17,18). The van der Waals surface area contributed by atoms with Crippen LogP contribution in [-0.4, -0.2) is 33.7 Å². The quantitative estimate of drug-likeness (QED) is 0.927. The summed E-state index contributed by atoms with van der Waals surface area (Å²) in [6.07, 6.45) is 3.64. The van der Waals surface area contributed by atoms with E-state index in [1.54, 1.807) is 18.2 Å². The summed E-state index contributed by atoms with van der Waals surface area (Å²) in [5.74, 6) is 0.531. The fraction of sp³-hybridized carbons (Fsp3) is 0.333. The molecule has 1 saturated heterocycles. The van der Waals surface area contributed by atoms with Gasteiger partial charge in [-0.2, -0.15) is 5.10 Å². The first-order chi connectivity index (χ1) is 10.1. The third-order valence-corrected chi connectivity index (χ3v) is 4.19. The Balaban J connectivity index is 1.66. The average molecular weight is 305 g/mol. The van der Waals surface area contributed by atoms with Crippen LogP contribution < -0.4 is 5.73 Å². The molecule has 21 heavy (non-hydrogen) atoms. The smallest absolute Gasteiger partial charge is 0.255 e. The molecule has 0 bridgehead atoms. The number of likely N-dealkylation sites (tertiary alicyclic amines) is 1. The SMILES string of the molecule is Nc1ccn(C2CCN(C(=O)c3ccccc3Cl)CC2)n1. The van der Waals surface area contributed by atoms with Gasteiger partial charge in [0.05, 0.1) is 16.6 Å². The molecule has 0 saturated carbocycles. The van der Waals surface area contributed by atoms with E-state index in [0.717, 1.165) is 12.8 Å². The fourth-order valence-electron chi connectivity index (χ4n) is 2.69. The lowest BCUT2D eigenvalue weighted by atomic mass is 10.0. The molecule has 6 heteroatoms. The zero-order chi connectivity index (χ0) is 14.8. The van der Waals surface area contributed by atoms with E-state index in [-0.39, 0.29) is 5.91 Å². The number of hydrogen-bond donors (Lipinski definition) is 1. The van der Waals surface area contributed by atoms with Crippen LogP contribution in [0.4, 0.5) is 5.82 Å². The van der Waals surface area contributed by atoms with Gasteiger partial charge in [-0.25, -0.2) is 0 Å². The van der Waals surface area contributed by atoms with E-state index >= 15 is 0 Å². The van der Waals surface area contributed by atoms with Crippen molar-refractivity contribution in [3.63, 3.8) is 0 Å². The molecular weight excluding hydrogens is 288 g/mol. The number of anilines is 1. The van der Waals surface area contributed by atoms with Crippen LogP contribution >= 0.6 is 11.6 Å². The number of aromatic nitrogens is 2. The Morgan fingerprint density at radius 2 is 1.95 bits per heavy atom. The van der Waals surface area contributed by atoms with E-state index < -0.39 is 0 Å². The highest BCUT2D eigenvalue weighted by atomic mass is 35.5. The minimum atomic E-state index is -0.000899. The van der Waals surface area contributed by atoms with Gasteiger partial charge in [-0.1, -0.05) is 23.7 Å². The second kappa shape index (κ2) is 5.77. The first kappa shape index (κ1) is 13.9. The van der Waals surface area contributed by atoms with Crippen molar-refractivity contribution < 1.29 is 4.79 Å². The minimum Gasteiger partial charge on any atom is -0.382 e. The van der Waals surface area contributed by atoms with Crippen molar-refractivity contribution in [1.29, 1.82) is 0 Å². The van der Waals surface area contributed by atoms with Gasteiger partial charge in [0.1, 0.15) is 5.82 Å². The molecule has 1 amide bonds. The molecule has 5 nitrogen and oxygen atoms in total. The molecule has 2 aromatic rings. The van der Waals surface area contributed by atoms with Gasteiger partial charge < -0.3 is 10.6 Å². The molecule has 1 aliphatic rings. The number of halogens is 1. The highest BCUT2D eigenvalue weighted by molar-refractivity contribution is 6.33. The summed E-state index contributed by atoms with van der Waals surface area (Å²) in [5.41, 5.74) is 6.21. The van der Waals surface area contributed by atoms with Gasteiger partial charge >= 0.3 is 0 Å². The lowest BCUT2D eigenvalue weighted by Crippen LogP contribution is -2.39. The Hall–Kier alpha value is -2.01. The summed E-state index contributed by atoms with van der Waals surface area (Å²) in [4.78, 5) is 14.3. The van der Waals surface area contributed by atoms with E-state index in [0.29, 0.717) is 35.5 Å². The summed E-state index contributed by atoms with van der Waals surface area (Å²) in [5, 5.41) is 4.75. The maximum Gasteiger partial charge on any atom is 0.255 e. The number of nitrogen functional groups attached to an aromatic ring is 1. The van der Waals surface area contributed by atoms with Crippen molar-refractivity contribution in [3.05, 3.63) is 47.1 Å². The van der Waals surface area contributed by atoms with Crippen LogP contribution in [0.2, 0.25) is 5.02 Å². The number of carbonyl (C=O) groups is 1. The number of rotatable bonds is 2. The first-order valence-electron chi connectivity index (χ1n) is 6.99. The minimum absolute atomic E-state index is 0.000899. The zero-order valence-electron chi connectivity index (χ0n) is 11.6. The predicted molar refractivity (Wildman–Crippen MR) is 82.3 cm³/mol. The maximum atomic E-state index is 12.5. The Morgan fingerprint density at radius 3 is 2.57 bits per heavy atom.